The molecule has 0 spiro atoms. The van der Waals surface area contributed by atoms with Crippen molar-refractivity contribution in [3.05, 3.63) is 41.6 Å². The molecule has 0 bridgehead atoms. The van der Waals surface area contributed by atoms with Gasteiger partial charge in [0, 0.05) is 23.1 Å². The van der Waals surface area contributed by atoms with Gasteiger partial charge in [0.2, 0.25) is 11.8 Å². The lowest BCUT2D eigenvalue weighted by Gasteiger charge is -2.30. The molecule has 1 aliphatic carbocycles. The summed E-state index contributed by atoms with van der Waals surface area (Å²) in [5.41, 5.74) is 3.06. The van der Waals surface area contributed by atoms with Crippen LogP contribution in [0.4, 0.5) is 0 Å². The Hall–Kier alpha value is -2.47. The van der Waals surface area contributed by atoms with Crippen molar-refractivity contribution in [1.82, 2.24) is 20.2 Å². The number of piperidine rings is 1. The van der Waals surface area contributed by atoms with Crippen LogP contribution in [0.15, 0.2) is 30.3 Å². The molecule has 1 unspecified atom stereocenters. The number of aryl methyl sites for hydroxylation is 1. The fourth-order valence-electron chi connectivity index (χ4n) is 4.36. The van der Waals surface area contributed by atoms with Crippen LogP contribution in [0.3, 0.4) is 0 Å². The fraction of sp³-hybridized carbons (Fsp3) is 0.522. The smallest absolute Gasteiger partial charge is 0.223 e. The Balaban J connectivity index is 1.47. The van der Waals surface area contributed by atoms with E-state index in [1.54, 1.807) is 7.11 Å². The van der Waals surface area contributed by atoms with Gasteiger partial charge in [-0.1, -0.05) is 30.3 Å². The third-order valence-corrected chi connectivity index (χ3v) is 6.19. The first-order valence-corrected chi connectivity index (χ1v) is 10.6. The molecule has 1 N–H and O–H groups in total. The van der Waals surface area contributed by atoms with Crippen LogP contribution in [-0.2, 0) is 17.6 Å². The highest BCUT2D eigenvalue weighted by Gasteiger charge is 2.28. The summed E-state index contributed by atoms with van der Waals surface area (Å²) in [4.78, 5) is 24.7. The summed E-state index contributed by atoms with van der Waals surface area (Å²) in [7, 11) is 3.80. The number of hydrogen-bond donors (Lipinski definition) is 1. The minimum absolute atomic E-state index is 0.0220. The molecule has 0 radical (unpaired) electrons. The third-order valence-electron chi connectivity index (χ3n) is 6.19. The standard InChI is InChI=1S/C23H30N4O2/c1-27-14-12-18(13-15-27)24-22(28)17-8-10-19-20(11-9-17)25-21(26-23(19)29-2)16-6-4-3-5-7-16/h3-7,17-18H,8-15H2,1-2H3,(H,24,28). The van der Waals surface area contributed by atoms with E-state index in [4.69, 9.17) is 9.72 Å². The van der Waals surface area contributed by atoms with Gasteiger partial charge in [-0.25, -0.2) is 4.98 Å². The molecule has 6 nitrogen and oxygen atoms in total. The number of fused-ring (bicyclic) bond motifs is 1. The van der Waals surface area contributed by atoms with Crippen LogP contribution in [0.2, 0.25) is 0 Å². The number of hydrogen-bond acceptors (Lipinski definition) is 5. The Morgan fingerprint density at radius 2 is 1.79 bits per heavy atom. The summed E-state index contributed by atoms with van der Waals surface area (Å²) in [6, 6.07) is 10.3. The Labute approximate surface area is 172 Å². The maximum atomic E-state index is 12.9. The van der Waals surface area contributed by atoms with Crippen molar-refractivity contribution in [3.63, 3.8) is 0 Å². The first-order chi connectivity index (χ1) is 14.1. The molecule has 0 saturated carbocycles. The highest BCUT2D eigenvalue weighted by Crippen LogP contribution is 2.31. The number of carbonyl (C=O) groups is 1. The Bertz CT molecular complexity index is 847. The van der Waals surface area contributed by atoms with E-state index in [0.29, 0.717) is 17.7 Å². The molecule has 1 aromatic carbocycles. The number of rotatable bonds is 4. The quantitative estimate of drug-likeness (QED) is 0.808. The molecule has 1 amide bonds. The maximum absolute atomic E-state index is 12.9. The summed E-state index contributed by atoms with van der Waals surface area (Å²) >= 11 is 0. The minimum Gasteiger partial charge on any atom is -0.481 e. The van der Waals surface area contributed by atoms with Crippen LogP contribution in [0.1, 0.15) is 36.9 Å². The van der Waals surface area contributed by atoms with E-state index in [1.807, 2.05) is 30.3 Å². The molecule has 29 heavy (non-hydrogen) atoms. The zero-order chi connectivity index (χ0) is 20.2. The molecule has 4 rings (SSSR count). The van der Waals surface area contributed by atoms with E-state index < -0.39 is 0 Å². The minimum atomic E-state index is 0.0220. The second-order valence-electron chi connectivity index (χ2n) is 8.21. The van der Waals surface area contributed by atoms with Crippen LogP contribution < -0.4 is 10.1 Å². The fourth-order valence-corrected chi connectivity index (χ4v) is 4.36. The van der Waals surface area contributed by atoms with E-state index in [1.165, 1.54) is 0 Å². The van der Waals surface area contributed by atoms with Gasteiger partial charge in [-0.3, -0.25) is 4.79 Å². The molecule has 154 valence electrons. The summed E-state index contributed by atoms with van der Waals surface area (Å²) in [6.45, 7) is 2.10. The molecule has 2 heterocycles. The number of ether oxygens (including phenoxy) is 1. The van der Waals surface area contributed by atoms with Crippen molar-refractivity contribution in [2.75, 3.05) is 27.2 Å². The number of benzene rings is 1. The van der Waals surface area contributed by atoms with Crippen molar-refractivity contribution in [2.45, 2.75) is 44.6 Å². The van der Waals surface area contributed by atoms with Gasteiger partial charge in [0.25, 0.3) is 0 Å². The van der Waals surface area contributed by atoms with Gasteiger partial charge in [-0.05, 0) is 58.7 Å². The van der Waals surface area contributed by atoms with E-state index in [9.17, 15) is 4.79 Å². The van der Waals surface area contributed by atoms with Crippen LogP contribution in [0, 0.1) is 5.92 Å². The molecule has 1 aliphatic heterocycles. The predicted octanol–water partition coefficient (Wildman–Crippen LogP) is 2.86. The Morgan fingerprint density at radius 1 is 1.07 bits per heavy atom. The van der Waals surface area contributed by atoms with E-state index in [0.717, 1.165) is 68.4 Å². The van der Waals surface area contributed by atoms with Gasteiger partial charge in [-0.2, -0.15) is 4.98 Å². The van der Waals surface area contributed by atoms with Gasteiger partial charge >= 0.3 is 0 Å². The van der Waals surface area contributed by atoms with Crippen LogP contribution in [0.5, 0.6) is 5.88 Å². The average Bonchev–Trinajstić information content (AvgIpc) is 2.98. The predicted molar refractivity (Wildman–Crippen MR) is 113 cm³/mol. The summed E-state index contributed by atoms with van der Waals surface area (Å²) in [5, 5.41) is 3.30. The molecular weight excluding hydrogens is 364 g/mol. The highest BCUT2D eigenvalue weighted by molar-refractivity contribution is 5.79. The number of amides is 1. The van der Waals surface area contributed by atoms with Crippen molar-refractivity contribution >= 4 is 5.91 Å². The first kappa shape index (κ1) is 19.8. The lowest BCUT2D eigenvalue weighted by molar-refractivity contribution is -0.126. The third kappa shape index (κ3) is 4.58. The maximum Gasteiger partial charge on any atom is 0.223 e. The number of methoxy groups -OCH3 is 1. The molecule has 2 aromatic rings. The Morgan fingerprint density at radius 3 is 2.52 bits per heavy atom. The van der Waals surface area contributed by atoms with Gasteiger partial charge in [-0.15, -0.1) is 0 Å². The first-order valence-electron chi connectivity index (χ1n) is 10.6. The summed E-state index contributed by atoms with van der Waals surface area (Å²) in [6.07, 6.45) is 5.26. The highest BCUT2D eigenvalue weighted by atomic mass is 16.5. The van der Waals surface area contributed by atoms with Crippen LogP contribution >= 0.6 is 0 Å². The zero-order valence-electron chi connectivity index (χ0n) is 17.4. The number of aromatic nitrogens is 2. The van der Waals surface area contributed by atoms with Crippen molar-refractivity contribution in [2.24, 2.45) is 5.92 Å². The molecule has 1 aromatic heterocycles. The Kier molecular flexibility index (Phi) is 6.09. The van der Waals surface area contributed by atoms with Gasteiger partial charge < -0.3 is 15.0 Å². The SMILES string of the molecule is COc1nc(-c2ccccc2)nc2c1CCC(C(=O)NC1CCN(C)CC1)CC2. The summed E-state index contributed by atoms with van der Waals surface area (Å²) < 4.78 is 5.60. The second-order valence-corrected chi connectivity index (χ2v) is 8.21. The normalized spacial score (nSPS) is 20.6. The van der Waals surface area contributed by atoms with Gasteiger partial charge in [0.15, 0.2) is 5.82 Å². The van der Waals surface area contributed by atoms with Crippen LogP contribution in [0.25, 0.3) is 11.4 Å². The zero-order valence-corrected chi connectivity index (χ0v) is 17.4. The van der Waals surface area contributed by atoms with Gasteiger partial charge in [0.05, 0.1) is 12.8 Å². The van der Waals surface area contributed by atoms with E-state index in [-0.39, 0.29) is 11.8 Å². The van der Waals surface area contributed by atoms with E-state index in [2.05, 4.69) is 22.2 Å². The summed E-state index contributed by atoms with van der Waals surface area (Å²) in [5.74, 6) is 1.55. The number of likely N-dealkylation sites (tertiary alicyclic amines) is 1. The lowest BCUT2D eigenvalue weighted by atomic mass is 9.97. The molecule has 1 fully saturated rings. The molecule has 1 saturated heterocycles. The average molecular weight is 395 g/mol. The van der Waals surface area contributed by atoms with Crippen LogP contribution in [-0.4, -0.2) is 54.1 Å². The lowest BCUT2D eigenvalue weighted by Crippen LogP contribution is -2.45. The monoisotopic (exact) mass is 394 g/mol. The molecule has 2 aliphatic rings. The molecule has 6 heteroatoms. The van der Waals surface area contributed by atoms with Crippen molar-refractivity contribution in [1.29, 1.82) is 0 Å². The molecular formula is C23H30N4O2. The molecule has 1 atom stereocenters. The van der Waals surface area contributed by atoms with Crippen molar-refractivity contribution < 1.29 is 9.53 Å². The van der Waals surface area contributed by atoms with Gasteiger partial charge in [0.1, 0.15) is 0 Å². The largest absolute Gasteiger partial charge is 0.481 e. The van der Waals surface area contributed by atoms with Crippen molar-refractivity contribution in [3.8, 4) is 17.3 Å². The number of carbonyl (C=O) groups excluding carboxylic acids is 1. The topological polar surface area (TPSA) is 67.3 Å². The van der Waals surface area contributed by atoms with E-state index >= 15 is 0 Å². The number of nitrogens with one attached hydrogen (secondary N) is 1. The second kappa shape index (κ2) is 8.91. The number of nitrogens with zero attached hydrogens (tertiary/aromatic N) is 3.